The average molecular weight is 543 g/mol. The van der Waals surface area contributed by atoms with Crippen LogP contribution in [0.2, 0.25) is 0 Å². The van der Waals surface area contributed by atoms with E-state index >= 15 is 0 Å². The van der Waals surface area contributed by atoms with E-state index in [0.717, 1.165) is 46.6 Å². The number of carbonyl (C=O) groups excluding carboxylic acids is 2. The molecule has 0 atom stereocenters. The second-order valence-electron chi connectivity index (χ2n) is 9.68. The molecule has 4 aromatic rings. The number of nitrogens with one attached hydrogen (secondary N) is 2. The molecule has 2 amide bonds. The van der Waals surface area contributed by atoms with Gasteiger partial charge in [0.05, 0.1) is 23.7 Å². The van der Waals surface area contributed by atoms with E-state index in [1.54, 1.807) is 17.0 Å². The highest BCUT2D eigenvalue weighted by Crippen LogP contribution is 2.22. The number of anilines is 2. The number of hydrogen-bond donors (Lipinski definition) is 5. The first-order valence-corrected chi connectivity index (χ1v) is 13.5. The predicted molar refractivity (Wildman–Crippen MR) is 160 cm³/mol. The third-order valence-electron chi connectivity index (χ3n) is 6.80. The summed E-state index contributed by atoms with van der Waals surface area (Å²) in [5.74, 6) is 0.543. The Morgan fingerprint density at radius 3 is 2.45 bits per heavy atom. The van der Waals surface area contributed by atoms with Gasteiger partial charge in [-0.05, 0) is 67.4 Å². The minimum Gasteiger partial charge on any atom is -0.378 e. The highest BCUT2D eigenvalue weighted by Gasteiger charge is 2.20. The van der Waals surface area contributed by atoms with E-state index in [1.165, 1.54) is 0 Å². The number of rotatable bonds is 13. The summed E-state index contributed by atoms with van der Waals surface area (Å²) in [6.07, 6.45) is 1.38. The number of carbonyl (C=O) groups is 2. The number of fused-ring (bicyclic) bond motifs is 1. The van der Waals surface area contributed by atoms with Crippen molar-refractivity contribution in [1.29, 1.82) is 0 Å². The molecule has 1 aromatic heterocycles. The predicted octanol–water partition coefficient (Wildman–Crippen LogP) is 2.99. The van der Waals surface area contributed by atoms with Crippen molar-refractivity contribution >= 4 is 34.2 Å². The highest BCUT2D eigenvalue weighted by atomic mass is 16.2. The maximum Gasteiger partial charge on any atom is 0.258 e. The first kappa shape index (κ1) is 28.8. The van der Waals surface area contributed by atoms with Gasteiger partial charge in [0.25, 0.3) is 5.91 Å². The zero-order chi connectivity index (χ0) is 28.5. The highest BCUT2D eigenvalue weighted by molar-refractivity contribution is 6.07. The lowest BCUT2D eigenvalue weighted by Crippen LogP contribution is -2.35. The first-order chi connectivity index (χ1) is 19.4. The monoisotopic (exact) mass is 542 g/mol. The van der Waals surface area contributed by atoms with Crippen LogP contribution >= 0.6 is 0 Å². The summed E-state index contributed by atoms with van der Waals surface area (Å²) in [6.45, 7) is 1.94. The van der Waals surface area contributed by atoms with Gasteiger partial charge in [-0.25, -0.2) is 4.98 Å². The Labute approximate surface area is 234 Å². The summed E-state index contributed by atoms with van der Waals surface area (Å²) in [4.78, 5) is 32.5. The minimum absolute atomic E-state index is 0.0939. The summed E-state index contributed by atoms with van der Waals surface area (Å²) < 4.78 is 2.00. The number of nitrogens with zero attached hydrogens (tertiary/aromatic N) is 3. The van der Waals surface area contributed by atoms with Crippen molar-refractivity contribution in [3.05, 3.63) is 89.7 Å². The van der Waals surface area contributed by atoms with Crippen LogP contribution in [0.25, 0.3) is 11.0 Å². The summed E-state index contributed by atoms with van der Waals surface area (Å²) in [5, 5.41) is 6.28. The number of aromatic nitrogens is 2. The summed E-state index contributed by atoms with van der Waals surface area (Å²) >= 11 is 0. The second kappa shape index (κ2) is 13.7. The molecule has 210 valence electrons. The van der Waals surface area contributed by atoms with E-state index in [0.29, 0.717) is 25.2 Å². The number of amides is 2. The molecule has 4 rings (SSSR count). The van der Waals surface area contributed by atoms with E-state index in [-0.39, 0.29) is 24.8 Å². The van der Waals surface area contributed by atoms with Crippen molar-refractivity contribution < 1.29 is 9.59 Å². The van der Waals surface area contributed by atoms with Crippen LogP contribution in [0.4, 0.5) is 11.4 Å². The zero-order valence-corrected chi connectivity index (χ0v) is 22.8. The molecule has 0 saturated heterocycles. The van der Waals surface area contributed by atoms with Crippen molar-refractivity contribution in [2.75, 3.05) is 29.9 Å². The van der Waals surface area contributed by atoms with Gasteiger partial charge in [0.15, 0.2) is 0 Å². The Bertz CT molecular complexity index is 1420. The minimum atomic E-state index is -0.507. The number of para-hydroxylation sites is 1. The normalized spacial score (nSPS) is 11.1. The van der Waals surface area contributed by atoms with Gasteiger partial charge in [0.1, 0.15) is 5.82 Å². The third kappa shape index (κ3) is 7.23. The van der Waals surface area contributed by atoms with Gasteiger partial charge in [-0.3, -0.25) is 9.59 Å². The van der Waals surface area contributed by atoms with E-state index in [9.17, 15) is 9.59 Å². The third-order valence-corrected chi connectivity index (χ3v) is 6.80. The maximum atomic E-state index is 13.7. The molecule has 0 saturated carbocycles. The fourth-order valence-corrected chi connectivity index (χ4v) is 4.46. The molecule has 1 heterocycles. The largest absolute Gasteiger partial charge is 0.378 e. The summed E-state index contributed by atoms with van der Waals surface area (Å²) in [6, 6.07) is 22.6. The number of hydrogen-bond acceptors (Lipinski definition) is 7. The van der Waals surface area contributed by atoms with Crippen LogP contribution in [0, 0.1) is 0 Å². The summed E-state index contributed by atoms with van der Waals surface area (Å²) in [7, 11) is 1.95. The second-order valence-corrected chi connectivity index (χ2v) is 9.68. The van der Waals surface area contributed by atoms with Gasteiger partial charge in [-0.15, -0.1) is 0 Å². The molecule has 0 fully saturated rings. The van der Waals surface area contributed by atoms with Crippen molar-refractivity contribution in [2.24, 2.45) is 24.2 Å². The molecule has 0 aliphatic heterocycles. The van der Waals surface area contributed by atoms with Crippen molar-refractivity contribution in [3.63, 3.8) is 0 Å². The van der Waals surface area contributed by atoms with Gasteiger partial charge in [0, 0.05) is 43.5 Å². The van der Waals surface area contributed by atoms with E-state index in [4.69, 9.17) is 22.2 Å². The van der Waals surface area contributed by atoms with Crippen LogP contribution in [-0.4, -0.2) is 41.0 Å². The molecule has 0 spiro atoms. The van der Waals surface area contributed by atoms with Crippen LogP contribution in [0.1, 0.15) is 47.2 Å². The van der Waals surface area contributed by atoms with Crippen LogP contribution in [0.5, 0.6) is 0 Å². The standard InChI is InChI=1S/C30H38N8O2/c1-37-26-14-11-22(19-25(26)36-27(37)20-35-23-12-9-21(10-13-23)29(32)33)30(40)38(24-7-3-2-4-8-24)18-15-28(39)34-17-6-5-16-31/h2-4,7-14,19,29,35H,5-6,15-18,20,31-33H2,1H3,(H,34,39). The Morgan fingerprint density at radius 1 is 1.00 bits per heavy atom. The molecule has 10 nitrogen and oxygen atoms in total. The van der Waals surface area contributed by atoms with E-state index in [2.05, 4.69) is 10.6 Å². The number of imidazole rings is 1. The van der Waals surface area contributed by atoms with Crippen molar-refractivity contribution in [1.82, 2.24) is 14.9 Å². The molecule has 0 radical (unpaired) electrons. The average Bonchev–Trinajstić information content (AvgIpc) is 3.29. The maximum absolute atomic E-state index is 13.7. The zero-order valence-electron chi connectivity index (χ0n) is 22.8. The van der Waals surface area contributed by atoms with Gasteiger partial charge in [0.2, 0.25) is 5.91 Å². The topological polar surface area (TPSA) is 157 Å². The lowest BCUT2D eigenvalue weighted by molar-refractivity contribution is -0.120. The molecular formula is C30H38N8O2. The first-order valence-electron chi connectivity index (χ1n) is 13.5. The number of aryl methyl sites for hydroxylation is 1. The van der Waals surface area contributed by atoms with Crippen LogP contribution in [0.15, 0.2) is 72.8 Å². The molecule has 10 heteroatoms. The SMILES string of the molecule is Cn1c(CNc2ccc(C(N)N)cc2)nc2cc(C(=O)N(CCC(=O)NCCCCN)c3ccccc3)ccc21. The molecule has 0 aliphatic carbocycles. The smallest absolute Gasteiger partial charge is 0.258 e. The molecule has 8 N–H and O–H groups in total. The number of benzene rings is 3. The van der Waals surface area contributed by atoms with E-state index in [1.807, 2.05) is 72.3 Å². The van der Waals surface area contributed by atoms with E-state index < -0.39 is 6.17 Å². The molecule has 0 bridgehead atoms. The molecule has 3 aromatic carbocycles. The van der Waals surface area contributed by atoms with Crippen LogP contribution in [-0.2, 0) is 18.4 Å². The molecule has 0 unspecified atom stereocenters. The Kier molecular flexibility index (Phi) is 9.85. The Balaban J connectivity index is 1.48. The van der Waals surface area contributed by atoms with Crippen LogP contribution < -0.4 is 32.7 Å². The number of unbranched alkanes of at least 4 members (excludes halogenated alkanes) is 1. The van der Waals surface area contributed by atoms with Gasteiger partial charge >= 0.3 is 0 Å². The Morgan fingerprint density at radius 2 is 1.75 bits per heavy atom. The quantitative estimate of drug-likeness (QED) is 0.128. The molecular weight excluding hydrogens is 504 g/mol. The molecule has 40 heavy (non-hydrogen) atoms. The fraction of sp³-hybridized carbons (Fsp3) is 0.300. The molecule has 0 aliphatic rings. The lowest BCUT2D eigenvalue weighted by atomic mass is 10.1. The van der Waals surface area contributed by atoms with Crippen LogP contribution in [0.3, 0.4) is 0 Å². The van der Waals surface area contributed by atoms with Gasteiger partial charge < -0.3 is 37.3 Å². The van der Waals surface area contributed by atoms with Crippen molar-refractivity contribution in [2.45, 2.75) is 32.0 Å². The van der Waals surface area contributed by atoms with Crippen molar-refractivity contribution in [3.8, 4) is 0 Å². The number of nitrogens with two attached hydrogens (primary N) is 3. The van der Waals surface area contributed by atoms with Gasteiger partial charge in [-0.2, -0.15) is 0 Å². The fourth-order valence-electron chi connectivity index (χ4n) is 4.46. The van der Waals surface area contributed by atoms with Gasteiger partial charge in [-0.1, -0.05) is 30.3 Å². The summed E-state index contributed by atoms with van der Waals surface area (Å²) in [5.41, 5.74) is 21.6. The lowest BCUT2D eigenvalue weighted by Gasteiger charge is -2.23. The Hall–Kier alpha value is -4.25.